The molecule has 0 aliphatic heterocycles. The predicted octanol–water partition coefficient (Wildman–Crippen LogP) is 3.60. The van der Waals surface area contributed by atoms with Crippen LogP contribution in [-0.2, 0) is 11.8 Å². The molecule has 1 amide bonds. The number of aryl methyl sites for hydroxylation is 1. The molecule has 29 heavy (non-hydrogen) atoms. The number of nitrogens with one attached hydrogen (secondary N) is 1. The van der Waals surface area contributed by atoms with E-state index in [1.54, 1.807) is 0 Å². The highest BCUT2D eigenvalue weighted by atomic mass is 35.5. The van der Waals surface area contributed by atoms with E-state index >= 15 is 0 Å². The summed E-state index contributed by atoms with van der Waals surface area (Å²) in [5.74, 6) is -1.44. The third-order valence-corrected chi connectivity index (χ3v) is 5.47. The number of hydrogen-bond acceptors (Lipinski definition) is 6. The summed E-state index contributed by atoms with van der Waals surface area (Å²) in [5, 5.41) is 21.6. The van der Waals surface area contributed by atoms with Gasteiger partial charge in [-0.3, -0.25) is 4.79 Å². The molecule has 0 radical (unpaired) electrons. The van der Waals surface area contributed by atoms with Crippen LogP contribution in [0.4, 0.5) is 5.69 Å². The third-order valence-electron chi connectivity index (χ3n) is 4.30. The van der Waals surface area contributed by atoms with Crippen LogP contribution in [0.3, 0.4) is 0 Å². The maximum atomic E-state index is 12.2. The fourth-order valence-corrected chi connectivity index (χ4v) is 3.73. The van der Waals surface area contributed by atoms with E-state index in [1.807, 2.05) is 35.9 Å². The van der Waals surface area contributed by atoms with Crippen molar-refractivity contribution in [2.24, 2.45) is 7.05 Å². The first-order chi connectivity index (χ1) is 13.9. The normalized spacial score (nSPS) is 11.1. The summed E-state index contributed by atoms with van der Waals surface area (Å²) in [6.07, 6.45) is 0. The highest BCUT2D eigenvalue weighted by molar-refractivity contribution is 7.99. The number of benzene rings is 2. The Bertz CT molecular complexity index is 1270. The van der Waals surface area contributed by atoms with Crippen LogP contribution in [0.25, 0.3) is 22.1 Å². The Morgan fingerprint density at radius 3 is 2.79 bits per heavy atom. The summed E-state index contributed by atoms with van der Waals surface area (Å²) < 4.78 is 1.94. The lowest BCUT2D eigenvalue weighted by molar-refractivity contribution is -0.113. The van der Waals surface area contributed by atoms with Gasteiger partial charge in [0, 0.05) is 18.1 Å². The molecule has 8 nitrogen and oxygen atoms in total. The minimum atomic E-state index is -1.16. The lowest BCUT2D eigenvalue weighted by Crippen LogP contribution is -2.15. The van der Waals surface area contributed by atoms with Crippen molar-refractivity contribution in [2.45, 2.75) is 5.16 Å². The number of carboxylic acids is 1. The van der Waals surface area contributed by atoms with E-state index in [0.29, 0.717) is 22.0 Å². The Labute approximate surface area is 173 Å². The number of amides is 1. The standard InChI is InChI=1S/C19H14ClN5O3S/c1-25-14-5-3-2-4-11(14)16-17(25)22-19(24-23-16)29-9-15(26)21-10-6-7-13(20)12(8-10)18(27)28/h2-8H,9H2,1H3,(H,21,26)(H,27,28). The summed E-state index contributed by atoms with van der Waals surface area (Å²) in [4.78, 5) is 27.9. The fraction of sp³-hybridized carbons (Fsp3) is 0.105. The van der Waals surface area contributed by atoms with Gasteiger partial charge in [-0.05, 0) is 24.3 Å². The second kappa shape index (κ2) is 7.69. The topological polar surface area (TPSA) is 110 Å². The zero-order chi connectivity index (χ0) is 20.5. The van der Waals surface area contributed by atoms with E-state index in [4.69, 9.17) is 16.7 Å². The number of carboxylic acid groups (broad SMARTS) is 1. The smallest absolute Gasteiger partial charge is 0.337 e. The minimum Gasteiger partial charge on any atom is -0.478 e. The molecular formula is C19H14ClN5O3S. The molecule has 0 saturated carbocycles. The van der Waals surface area contributed by atoms with E-state index in [-0.39, 0.29) is 22.2 Å². The van der Waals surface area contributed by atoms with Gasteiger partial charge in [0.25, 0.3) is 0 Å². The number of rotatable bonds is 5. The van der Waals surface area contributed by atoms with Crippen molar-refractivity contribution in [1.82, 2.24) is 19.7 Å². The molecule has 0 atom stereocenters. The molecule has 0 saturated heterocycles. The van der Waals surface area contributed by atoms with Crippen LogP contribution in [-0.4, -0.2) is 42.5 Å². The zero-order valence-electron chi connectivity index (χ0n) is 15.1. The average molecular weight is 428 g/mol. The number of aromatic carboxylic acids is 1. The molecule has 2 aromatic heterocycles. The molecule has 0 fully saturated rings. The van der Waals surface area contributed by atoms with Gasteiger partial charge in [0.2, 0.25) is 11.1 Å². The van der Waals surface area contributed by atoms with Crippen LogP contribution < -0.4 is 5.32 Å². The van der Waals surface area contributed by atoms with Crippen molar-refractivity contribution in [3.8, 4) is 0 Å². The molecule has 2 aromatic carbocycles. The Morgan fingerprint density at radius 2 is 2.00 bits per heavy atom. The second-order valence-corrected chi connectivity index (χ2v) is 7.53. The van der Waals surface area contributed by atoms with Gasteiger partial charge in [0.15, 0.2) is 5.65 Å². The molecule has 0 unspecified atom stereocenters. The SMILES string of the molecule is Cn1c2ccccc2c2nnc(SCC(=O)Nc3ccc(Cl)c(C(=O)O)c3)nc21. The van der Waals surface area contributed by atoms with Crippen LogP contribution in [0, 0.1) is 0 Å². The summed E-state index contributed by atoms with van der Waals surface area (Å²) in [6, 6.07) is 12.1. The van der Waals surface area contributed by atoms with Crippen molar-refractivity contribution in [1.29, 1.82) is 0 Å². The number of thioether (sulfide) groups is 1. The van der Waals surface area contributed by atoms with Gasteiger partial charge < -0.3 is 15.0 Å². The van der Waals surface area contributed by atoms with E-state index in [2.05, 4.69) is 20.5 Å². The quantitative estimate of drug-likeness (QED) is 0.468. The number of carbonyl (C=O) groups excluding carboxylic acids is 1. The van der Waals surface area contributed by atoms with Crippen molar-refractivity contribution < 1.29 is 14.7 Å². The molecule has 2 heterocycles. The molecule has 10 heteroatoms. The lowest BCUT2D eigenvalue weighted by Gasteiger charge is -2.07. The molecule has 4 aromatic rings. The van der Waals surface area contributed by atoms with Crippen LogP contribution in [0.1, 0.15) is 10.4 Å². The number of fused-ring (bicyclic) bond motifs is 3. The van der Waals surface area contributed by atoms with Crippen LogP contribution in [0.2, 0.25) is 5.02 Å². The molecule has 0 aliphatic rings. The van der Waals surface area contributed by atoms with E-state index in [9.17, 15) is 9.59 Å². The molecule has 0 spiro atoms. The van der Waals surface area contributed by atoms with Gasteiger partial charge in [0.1, 0.15) is 5.52 Å². The Kier molecular flexibility index (Phi) is 5.08. The molecule has 146 valence electrons. The predicted molar refractivity (Wildman–Crippen MR) is 112 cm³/mol. The number of nitrogens with zero attached hydrogens (tertiary/aromatic N) is 4. The summed E-state index contributed by atoms with van der Waals surface area (Å²) >= 11 is 6.98. The maximum Gasteiger partial charge on any atom is 0.337 e. The first-order valence-corrected chi connectivity index (χ1v) is 9.83. The summed E-state index contributed by atoms with van der Waals surface area (Å²) in [5.41, 5.74) is 2.67. The Morgan fingerprint density at radius 1 is 1.21 bits per heavy atom. The molecule has 2 N–H and O–H groups in total. The maximum absolute atomic E-state index is 12.2. The van der Waals surface area contributed by atoms with Gasteiger partial charge in [-0.1, -0.05) is 41.6 Å². The van der Waals surface area contributed by atoms with Crippen LogP contribution >= 0.6 is 23.4 Å². The first-order valence-electron chi connectivity index (χ1n) is 8.47. The highest BCUT2D eigenvalue weighted by Crippen LogP contribution is 2.26. The minimum absolute atomic E-state index is 0.0438. The van der Waals surface area contributed by atoms with Crippen LogP contribution in [0.15, 0.2) is 47.6 Å². The van der Waals surface area contributed by atoms with Crippen molar-refractivity contribution in [2.75, 3.05) is 11.1 Å². The zero-order valence-corrected chi connectivity index (χ0v) is 16.7. The number of anilines is 1. The number of halogens is 1. The fourth-order valence-electron chi connectivity index (χ4n) is 2.95. The van der Waals surface area contributed by atoms with Crippen molar-refractivity contribution in [3.05, 3.63) is 53.1 Å². The first kappa shape index (κ1) is 19.2. The Balaban J connectivity index is 1.49. The van der Waals surface area contributed by atoms with E-state index < -0.39 is 5.97 Å². The lowest BCUT2D eigenvalue weighted by atomic mass is 10.2. The van der Waals surface area contributed by atoms with Crippen molar-refractivity contribution >= 4 is 63.0 Å². The third kappa shape index (κ3) is 3.74. The summed E-state index contributed by atoms with van der Waals surface area (Å²) in [6.45, 7) is 0. The van der Waals surface area contributed by atoms with Crippen LogP contribution in [0.5, 0.6) is 0 Å². The molecular weight excluding hydrogens is 414 g/mol. The van der Waals surface area contributed by atoms with Gasteiger partial charge in [-0.15, -0.1) is 10.2 Å². The number of hydrogen-bond donors (Lipinski definition) is 2. The largest absolute Gasteiger partial charge is 0.478 e. The van der Waals surface area contributed by atoms with Crippen molar-refractivity contribution in [3.63, 3.8) is 0 Å². The molecule has 4 rings (SSSR count). The Hall–Kier alpha value is -3.17. The molecule has 0 bridgehead atoms. The average Bonchev–Trinajstić information content (AvgIpc) is 3.00. The number of carbonyl (C=O) groups is 2. The van der Waals surface area contributed by atoms with E-state index in [1.165, 1.54) is 18.2 Å². The molecule has 0 aliphatic carbocycles. The number of aromatic nitrogens is 4. The van der Waals surface area contributed by atoms with Gasteiger partial charge in [-0.2, -0.15) is 0 Å². The monoisotopic (exact) mass is 427 g/mol. The van der Waals surface area contributed by atoms with Gasteiger partial charge in [0.05, 0.1) is 21.9 Å². The summed E-state index contributed by atoms with van der Waals surface area (Å²) in [7, 11) is 1.90. The highest BCUT2D eigenvalue weighted by Gasteiger charge is 2.14. The van der Waals surface area contributed by atoms with Gasteiger partial charge in [-0.25, -0.2) is 9.78 Å². The number of para-hydroxylation sites is 1. The second-order valence-electron chi connectivity index (χ2n) is 6.18. The van der Waals surface area contributed by atoms with Gasteiger partial charge >= 0.3 is 5.97 Å². The van der Waals surface area contributed by atoms with E-state index in [0.717, 1.165) is 22.7 Å².